The van der Waals surface area contributed by atoms with Crippen molar-refractivity contribution < 1.29 is 24.2 Å². The Morgan fingerprint density at radius 3 is 2.31 bits per heavy atom. The minimum absolute atomic E-state index is 0.00571. The van der Waals surface area contributed by atoms with Gasteiger partial charge in [0.1, 0.15) is 0 Å². The summed E-state index contributed by atoms with van der Waals surface area (Å²) in [5, 5.41) is 8.87. The van der Waals surface area contributed by atoms with Crippen molar-refractivity contribution >= 4 is 29.5 Å². The molecule has 0 aliphatic heterocycles. The number of rotatable bonds is 8. The van der Waals surface area contributed by atoms with E-state index >= 15 is 0 Å². The maximum atomic E-state index is 12.7. The average Bonchev–Trinajstić information content (AvgIpc) is 2.69. The largest absolute Gasteiger partial charge is 0.481 e. The number of ether oxygens (including phenoxy) is 1. The third-order valence-corrected chi connectivity index (χ3v) is 7.72. The van der Waals surface area contributed by atoms with Gasteiger partial charge in [0.2, 0.25) is 0 Å². The topological polar surface area (TPSA) is 133 Å². The molecule has 0 bridgehead atoms. The van der Waals surface area contributed by atoms with Gasteiger partial charge in [0.15, 0.2) is 11.3 Å². The number of carboxylic acids is 1. The second kappa shape index (κ2) is 8.71. The second-order valence-electron chi connectivity index (χ2n) is 8.00. The summed E-state index contributed by atoms with van der Waals surface area (Å²) in [6, 6.07) is -1.35. The third-order valence-electron chi connectivity index (χ3n) is 5.73. The van der Waals surface area contributed by atoms with Crippen LogP contribution >= 0.6 is 11.8 Å². The Kier molecular flexibility index (Phi) is 7.68. The van der Waals surface area contributed by atoms with Crippen molar-refractivity contribution in [2.75, 3.05) is 12.9 Å². The zero-order chi connectivity index (χ0) is 20.2. The van der Waals surface area contributed by atoms with Crippen LogP contribution in [0.5, 0.6) is 0 Å². The predicted molar refractivity (Wildman–Crippen MR) is 102 cm³/mol. The smallest absolute Gasteiger partial charge is 0.334 e. The molecule has 8 heteroatoms. The summed E-state index contributed by atoms with van der Waals surface area (Å²) in [7, 11) is 1.15. The summed E-state index contributed by atoms with van der Waals surface area (Å²) in [5.41, 5.74) is 9.90. The van der Waals surface area contributed by atoms with Crippen molar-refractivity contribution in [2.45, 2.75) is 75.6 Å². The molecule has 1 saturated carbocycles. The molecular formula is C18H32N2O5S. The van der Waals surface area contributed by atoms with Crippen LogP contribution in [0, 0.1) is 5.41 Å². The van der Waals surface area contributed by atoms with Crippen LogP contribution in [0.3, 0.4) is 0 Å². The Morgan fingerprint density at radius 2 is 1.77 bits per heavy atom. The normalized spacial score (nSPS) is 26.2. The quantitative estimate of drug-likeness (QED) is 0.325. The molecule has 150 valence electrons. The molecule has 0 aromatic heterocycles. The Morgan fingerprint density at radius 1 is 1.19 bits per heavy atom. The number of aliphatic carboxylic acids is 1. The van der Waals surface area contributed by atoms with Crippen molar-refractivity contribution in [3.63, 3.8) is 0 Å². The Bertz CT molecular complexity index is 554. The number of Topliss-reactive ketones (excluding diaryl/α,β-unsaturated/α-hetero) is 1. The fraction of sp³-hybridized carbons (Fsp3) is 0.833. The van der Waals surface area contributed by atoms with Gasteiger partial charge in [0, 0.05) is 10.5 Å². The van der Waals surface area contributed by atoms with E-state index in [2.05, 4.69) is 20.8 Å². The van der Waals surface area contributed by atoms with Gasteiger partial charge < -0.3 is 21.3 Å². The lowest BCUT2D eigenvalue weighted by Crippen LogP contribution is -2.63. The Balaban J connectivity index is 3.05. The van der Waals surface area contributed by atoms with Crippen molar-refractivity contribution in [3.8, 4) is 0 Å². The number of methoxy groups -OCH3 is 1. The lowest BCUT2D eigenvalue weighted by molar-refractivity contribution is -0.151. The minimum Gasteiger partial charge on any atom is -0.481 e. The van der Waals surface area contributed by atoms with Crippen LogP contribution in [0.15, 0.2) is 0 Å². The summed E-state index contributed by atoms with van der Waals surface area (Å²) in [4.78, 5) is 35.8. The molecule has 0 heterocycles. The summed E-state index contributed by atoms with van der Waals surface area (Å²) < 4.78 is 4.57. The van der Waals surface area contributed by atoms with Gasteiger partial charge in [0.05, 0.1) is 19.6 Å². The maximum Gasteiger partial charge on any atom is 0.334 e. The van der Waals surface area contributed by atoms with Crippen LogP contribution < -0.4 is 11.5 Å². The highest BCUT2D eigenvalue weighted by Crippen LogP contribution is 2.51. The molecule has 0 radical (unpaired) electrons. The van der Waals surface area contributed by atoms with Gasteiger partial charge in [-0.1, -0.05) is 33.1 Å². The lowest BCUT2D eigenvalue weighted by atomic mass is 9.75. The number of hydrogen-bond donors (Lipinski definition) is 3. The van der Waals surface area contributed by atoms with E-state index in [1.54, 1.807) is 0 Å². The monoisotopic (exact) mass is 388 g/mol. The average molecular weight is 389 g/mol. The van der Waals surface area contributed by atoms with E-state index in [1.807, 2.05) is 0 Å². The highest BCUT2D eigenvalue weighted by atomic mass is 32.2. The summed E-state index contributed by atoms with van der Waals surface area (Å²) >= 11 is 1.49. The molecule has 3 atom stereocenters. The van der Waals surface area contributed by atoms with Crippen LogP contribution in [0.1, 0.15) is 59.3 Å². The van der Waals surface area contributed by atoms with E-state index in [-0.39, 0.29) is 15.9 Å². The number of esters is 1. The third kappa shape index (κ3) is 4.98. The van der Waals surface area contributed by atoms with Crippen LogP contribution in [0.4, 0.5) is 0 Å². The zero-order valence-corrected chi connectivity index (χ0v) is 17.0. The van der Waals surface area contributed by atoms with E-state index < -0.39 is 35.7 Å². The number of hydrogen-bond acceptors (Lipinski definition) is 7. The van der Waals surface area contributed by atoms with Gasteiger partial charge in [0.25, 0.3) is 0 Å². The number of carbonyl (C=O) groups is 3. The first-order chi connectivity index (χ1) is 11.9. The summed E-state index contributed by atoms with van der Waals surface area (Å²) in [6.45, 7) is 6.53. The van der Waals surface area contributed by atoms with Crippen molar-refractivity contribution in [1.82, 2.24) is 0 Å². The van der Waals surface area contributed by atoms with E-state index in [4.69, 9.17) is 21.3 Å². The molecule has 1 rings (SSSR count). The number of thioether (sulfide) groups is 1. The van der Waals surface area contributed by atoms with Gasteiger partial charge in [-0.15, -0.1) is 0 Å². The van der Waals surface area contributed by atoms with Crippen molar-refractivity contribution in [3.05, 3.63) is 0 Å². The standard InChI is InChI=1S/C18H32N2O5S/c1-16(2)8-6-5-7-9-17(16,3)26-11-18(20,15(24)25-4)14(23)12(19)10-13(21)22/h12H,5-11,19-20H2,1-4H3,(H,21,22)/t12-,17?,18+/m0/s1. The van der Waals surface area contributed by atoms with Gasteiger partial charge in [-0.25, -0.2) is 4.79 Å². The van der Waals surface area contributed by atoms with E-state index in [9.17, 15) is 14.4 Å². The molecule has 0 saturated heterocycles. The maximum absolute atomic E-state index is 12.7. The van der Waals surface area contributed by atoms with Crippen molar-refractivity contribution in [2.24, 2.45) is 16.9 Å². The van der Waals surface area contributed by atoms with Crippen LogP contribution in [-0.2, 0) is 19.1 Å². The highest BCUT2D eigenvalue weighted by molar-refractivity contribution is 8.00. The summed E-state index contributed by atoms with van der Waals surface area (Å²) in [5.74, 6) is -2.89. The minimum atomic E-state index is -1.96. The predicted octanol–water partition coefficient (Wildman–Crippen LogP) is 1.71. The Hall–Kier alpha value is -1.12. The Labute approximate surface area is 159 Å². The van der Waals surface area contributed by atoms with Crippen LogP contribution in [0.25, 0.3) is 0 Å². The molecule has 1 aliphatic rings. The van der Waals surface area contributed by atoms with E-state index in [1.165, 1.54) is 11.8 Å². The first kappa shape index (κ1) is 22.9. The highest BCUT2D eigenvalue weighted by Gasteiger charge is 2.49. The first-order valence-electron chi connectivity index (χ1n) is 8.92. The SMILES string of the molecule is COC(=O)[C@@](N)(CSC1(C)CCCCCC1(C)C)C(=O)[C@@H](N)CC(=O)O. The van der Waals surface area contributed by atoms with Gasteiger partial charge >= 0.3 is 11.9 Å². The van der Waals surface area contributed by atoms with Crippen LogP contribution in [-0.4, -0.2) is 52.0 Å². The lowest BCUT2D eigenvalue weighted by Gasteiger charge is -2.44. The molecule has 0 amide bonds. The van der Waals surface area contributed by atoms with Gasteiger partial charge in [-0.2, -0.15) is 11.8 Å². The van der Waals surface area contributed by atoms with Gasteiger partial charge in [-0.3, -0.25) is 9.59 Å². The number of ketones is 1. The van der Waals surface area contributed by atoms with E-state index in [0.29, 0.717) is 0 Å². The summed E-state index contributed by atoms with van der Waals surface area (Å²) in [6.07, 6.45) is 4.82. The van der Waals surface area contributed by atoms with Gasteiger partial charge in [-0.05, 0) is 25.2 Å². The number of carboxylic acid groups (broad SMARTS) is 1. The van der Waals surface area contributed by atoms with E-state index in [0.717, 1.165) is 39.2 Å². The first-order valence-corrected chi connectivity index (χ1v) is 9.91. The molecule has 0 spiro atoms. The molecule has 7 nitrogen and oxygen atoms in total. The fourth-order valence-corrected chi connectivity index (χ4v) is 4.96. The van der Waals surface area contributed by atoms with Crippen LogP contribution in [0.2, 0.25) is 0 Å². The zero-order valence-electron chi connectivity index (χ0n) is 16.2. The molecule has 26 heavy (non-hydrogen) atoms. The molecule has 1 fully saturated rings. The number of carbonyl (C=O) groups excluding carboxylic acids is 2. The molecule has 0 aromatic carbocycles. The molecule has 0 aromatic rings. The molecule has 1 unspecified atom stereocenters. The number of nitrogens with two attached hydrogens (primary N) is 2. The molecule has 5 N–H and O–H groups in total. The van der Waals surface area contributed by atoms with Crippen molar-refractivity contribution in [1.29, 1.82) is 0 Å². The second-order valence-corrected chi connectivity index (χ2v) is 9.47. The fourth-order valence-electron chi connectivity index (χ4n) is 3.37. The molecule has 1 aliphatic carbocycles. The molecular weight excluding hydrogens is 356 g/mol.